The molecule has 70 valence electrons. The van der Waals surface area contributed by atoms with E-state index in [-0.39, 0.29) is 13.2 Å². The molecule has 0 spiro atoms. The highest BCUT2D eigenvalue weighted by molar-refractivity contribution is 5.77. The van der Waals surface area contributed by atoms with Gasteiger partial charge in [-0.25, -0.2) is 9.83 Å². The molecular weight excluding hydrogens is 170 g/mol. The maximum Gasteiger partial charge on any atom is 0.438 e. The lowest BCUT2D eigenvalue weighted by Crippen LogP contribution is -2.32. The summed E-state index contributed by atoms with van der Waals surface area (Å²) in [5, 5.41) is 13.9. The van der Waals surface area contributed by atoms with Crippen molar-refractivity contribution in [1.29, 1.82) is 0 Å². The first-order valence-electron chi connectivity index (χ1n) is 3.10. The van der Waals surface area contributed by atoms with Gasteiger partial charge in [-0.1, -0.05) is 0 Å². The van der Waals surface area contributed by atoms with Crippen molar-refractivity contribution < 1.29 is 29.5 Å². The Morgan fingerprint density at radius 3 is 2.67 bits per heavy atom. The number of carbonyl (C=O) groups excluding carboxylic acids is 2. The predicted octanol–water partition coefficient (Wildman–Crippen LogP) is -1.52. The summed E-state index contributed by atoms with van der Waals surface area (Å²) >= 11 is 0. The molecule has 0 fully saturated rings. The maximum absolute atomic E-state index is 10.5. The van der Waals surface area contributed by atoms with Crippen molar-refractivity contribution in [2.24, 2.45) is 0 Å². The fraction of sp³-hybridized carbons (Fsp3) is 0.600. The quantitative estimate of drug-likeness (QED) is 0.319. The van der Waals surface area contributed by atoms with Crippen LogP contribution in [0.3, 0.4) is 0 Å². The molecule has 12 heavy (non-hydrogen) atoms. The summed E-state index contributed by atoms with van der Waals surface area (Å²) in [6.45, 7) is 1.47. The van der Waals surface area contributed by atoms with Gasteiger partial charge in [0.2, 0.25) is 0 Å². The predicted molar refractivity (Wildman–Crippen MR) is 32.2 cm³/mol. The minimum atomic E-state index is -1.14. The van der Waals surface area contributed by atoms with E-state index in [1.165, 1.54) is 0 Å². The number of esters is 1. The van der Waals surface area contributed by atoms with Crippen LogP contribution in [0.15, 0.2) is 0 Å². The molecule has 0 atom stereocenters. The third-order valence-electron chi connectivity index (χ3n) is 0.792. The molecule has 0 heterocycles. The number of hydrogen-bond donors (Lipinski definition) is 1. The zero-order valence-electron chi connectivity index (χ0n) is 6.36. The number of rotatable bonds is 4. The molecule has 0 bridgehead atoms. The molecule has 0 saturated carbocycles. The summed E-state index contributed by atoms with van der Waals surface area (Å²) in [5.74, 6) is -0.625. The fourth-order valence-electron chi connectivity index (χ4n) is 0.417. The van der Waals surface area contributed by atoms with E-state index >= 15 is 0 Å². The molecule has 0 aliphatic heterocycles. The number of carbonyl (C=O) groups is 2. The van der Waals surface area contributed by atoms with Crippen LogP contribution < -0.4 is 10.6 Å². The maximum atomic E-state index is 10.5. The van der Waals surface area contributed by atoms with Gasteiger partial charge in [0.05, 0.1) is 6.61 Å². The third-order valence-corrected chi connectivity index (χ3v) is 0.792. The Labute approximate surface area is 68.1 Å². The van der Waals surface area contributed by atoms with Crippen LogP contribution in [0.2, 0.25) is 0 Å². The van der Waals surface area contributed by atoms with E-state index in [4.69, 9.17) is 0 Å². The zero-order chi connectivity index (χ0) is 9.40. The van der Waals surface area contributed by atoms with E-state index < -0.39 is 12.1 Å². The van der Waals surface area contributed by atoms with Gasteiger partial charge in [-0.15, -0.1) is 0 Å². The van der Waals surface area contributed by atoms with Crippen molar-refractivity contribution >= 4 is 12.1 Å². The number of nitrogens with one attached hydrogen (secondary N) is 1. The molecule has 0 unspecified atom stereocenters. The first-order chi connectivity index (χ1) is 5.70. The van der Waals surface area contributed by atoms with Crippen LogP contribution in [0.5, 0.6) is 0 Å². The monoisotopic (exact) mass is 178 g/mol. The molecule has 0 aromatic rings. The first kappa shape index (κ1) is 10.7. The van der Waals surface area contributed by atoms with Crippen LogP contribution in [-0.2, 0) is 19.5 Å². The second kappa shape index (κ2) is 6.38. The van der Waals surface area contributed by atoms with E-state index in [0.29, 0.717) is 0 Å². The Morgan fingerprint density at radius 2 is 2.17 bits per heavy atom. The van der Waals surface area contributed by atoms with Gasteiger partial charge >= 0.3 is 12.1 Å². The summed E-state index contributed by atoms with van der Waals surface area (Å²) < 4.78 is 4.44. The molecule has 1 amide bonds. The highest BCUT2D eigenvalue weighted by Crippen LogP contribution is 1.77. The highest BCUT2D eigenvalue weighted by Gasteiger charge is 2.05. The van der Waals surface area contributed by atoms with Crippen molar-refractivity contribution in [1.82, 2.24) is 5.32 Å². The Balaban J connectivity index is 3.40. The lowest BCUT2D eigenvalue weighted by atomic mass is 10.6. The SMILES string of the molecule is CCOC(=O)CNC(=O)OO[O-]. The lowest BCUT2D eigenvalue weighted by Gasteiger charge is -2.06. The average Bonchev–Trinajstić information content (AvgIpc) is 2.02. The standard InChI is InChI=1S/C5H9NO6/c1-2-10-4(7)3-6-5(8)11-12-9/h9H,2-3H2,1H3,(H,6,8)/p-1. The first-order valence-corrected chi connectivity index (χ1v) is 3.10. The molecule has 0 aliphatic carbocycles. The van der Waals surface area contributed by atoms with Gasteiger partial charge in [-0.05, 0) is 6.92 Å². The van der Waals surface area contributed by atoms with E-state index in [1.807, 2.05) is 5.32 Å². The van der Waals surface area contributed by atoms with Crippen molar-refractivity contribution in [3.05, 3.63) is 0 Å². The van der Waals surface area contributed by atoms with Crippen LogP contribution in [0.4, 0.5) is 4.79 Å². The summed E-state index contributed by atoms with van der Waals surface area (Å²) in [4.78, 5) is 24.3. The molecule has 0 aliphatic rings. The van der Waals surface area contributed by atoms with Gasteiger partial charge in [0, 0.05) is 0 Å². The zero-order valence-corrected chi connectivity index (χ0v) is 6.36. The van der Waals surface area contributed by atoms with E-state index in [2.05, 4.69) is 14.7 Å². The minimum Gasteiger partial charge on any atom is -0.681 e. The van der Waals surface area contributed by atoms with Gasteiger partial charge < -0.3 is 15.3 Å². The third kappa shape index (κ3) is 5.45. The molecular formula is C5H8NO6-. The van der Waals surface area contributed by atoms with Crippen molar-refractivity contribution in [3.8, 4) is 0 Å². The molecule has 0 aromatic heterocycles. The van der Waals surface area contributed by atoms with Crippen LogP contribution in [0, 0.1) is 0 Å². The summed E-state index contributed by atoms with van der Waals surface area (Å²) in [5.41, 5.74) is 0. The van der Waals surface area contributed by atoms with Crippen LogP contribution in [0.25, 0.3) is 0 Å². The smallest absolute Gasteiger partial charge is 0.438 e. The van der Waals surface area contributed by atoms with Gasteiger partial charge in [0.15, 0.2) is 0 Å². The van der Waals surface area contributed by atoms with E-state index in [1.54, 1.807) is 6.92 Å². The van der Waals surface area contributed by atoms with Crippen LogP contribution in [0.1, 0.15) is 6.92 Å². The average molecular weight is 178 g/mol. The van der Waals surface area contributed by atoms with Crippen molar-refractivity contribution in [2.75, 3.05) is 13.2 Å². The highest BCUT2D eigenvalue weighted by atomic mass is 17.5. The number of ether oxygens (including phenoxy) is 1. The van der Waals surface area contributed by atoms with Gasteiger partial charge in [-0.3, -0.25) is 9.68 Å². The fourth-order valence-corrected chi connectivity index (χ4v) is 0.417. The van der Waals surface area contributed by atoms with Gasteiger partial charge in [0.25, 0.3) is 0 Å². The molecule has 7 heteroatoms. The largest absolute Gasteiger partial charge is 0.681 e. The summed E-state index contributed by atoms with van der Waals surface area (Å²) in [7, 11) is 0. The Bertz CT molecular complexity index is 140. The van der Waals surface area contributed by atoms with E-state index in [9.17, 15) is 14.8 Å². The van der Waals surface area contributed by atoms with Gasteiger partial charge in [0.1, 0.15) is 6.54 Å². The van der Waals surface area contributed by atoms with Crippen LogP contribution in [-0.4, -0.2) is 25.2 Å². The Morgan fingerprint density at radius 1 is 1.50 bits per heavy atom. The molecule has 7 nitrogen and oxygen atoms in total. The summed E-state index contributed by atoms with van der Waals surface area (Å²) in [6.07, 6.45) is -1.14. The van der Waals surface area contributed by atoms with Crippen LogP contribution >= 0.6 is 0 Å². The molecule has 0 rings (SSSR count). The Hall–Kier alpha value is -1.34. The topological polar surface area (TPSA) is 96.9 Å². The Kier molecular flexibility index (Phi) is 5.66. The molecule has 0 aromatic carbocycles. The van der Waals surface area contributed by atoms with Crippen molar-refractivity contribution in [2.45, 2.75) is 6.92 Å². The van der Waals surface area contributed by atoms with Crippen molar-refractivity contribution in [3.63, 3.8) is 0 Å². The summed E-state index contributed by atoms with van der Waals surface area (Å²) in [6, 6.07) is 0. The molecule has 1 N–H and O–H groups in total. The van der Waals surface area contributed by atoms with E-state index in [0.717, 1.165) is 0 Å². The minimum absolute atomic E-state index is 0.216. The lowest BCUT2D eigenvalue weighted by molar-refractivity contribution is -0.785. The van der Waals surface area contributed by atoms with Gasteiger partial charge in [-0.2, -0.15) is 0 Å². The number of amides is 1. The second-order valence-corrected chi connectivity index (χ2v) is 1.60. The normalized spacial score (nSPS) is 8.83. The second-order valence-electron chi connectivity index (χ2n) is 1.60. The number of hydrogen-bond acceptors (Lipinski definition) is 6. The molecule has 0 saturated heterocycles. The molecule has 0 radical (unpaired) electrons.